The number of fused-ring (bicyclic) bond motifs is 1. The molecule has 0 unspecified atom stereocenters. The van der Waals surface area contributed by atoms with Crippen LogP contribution in [0.5, 0.6) is 0 Å². The molecule has 2 aliphatic heterocycles. The molecule has 144 valence electrons. The number of thioether (sulfide) groups is 1. The Morgan fingerprint density at radius 3 is 2.79 bits per heavy atom. The highest BCUT2D eigenvalue weighted by atomic mass is 32.2. The van der Waals surface area contributed by atoms with Crippen molar-refractivity contribution in [3.05, 3.63) is 54.1 Å². The fourth-order valence-corrected chi connectivity index (χ4v) is 4.33. The molecule has 2 aliphatic rings. The van der Waals surface area contributed by atoms with Gasteiger partial charge in [-0.25, -0.2) is 0 Å². The van der Waals surface area contributed by atoms with E-state index in [4.69, 9.17) is 0 Å². The molecule has 7 heteroatoms. The molecule has 4 rings (SSSR count). The van der Waals surface area contributed by atoms with E-state index in [1.54, 1.807) is 17.0 Å². The van der Waals surface area contributed by atoms with Gasteiger partial charge in [0.05, 0.1) is 17.4 Å². The molecule has 1 atom stereocenters. The van der Waals surface area contributed by atoms with Crippen molar-refractivity contribution in [2.24, 2.45) is 5.92 Å². The molecular formula is C21H21N3O3S. The monoisotopic (exact) mass is 395 g/mol. The summed E-state index contributed by atoms with van der Waals surface area (Å²) in [4.78, 5) is 39.9. The maximum absolute atomic E-state index is 13.0. The van der Waals surface area contributed by atoms with Crippen LogP contribution in [-0.2, 0) is 9.59 Å². The molecule has 0 radical (unpaired) electrons. The molecule has 0 bridgehead atoms. The van der Waals surface area contributed by atoms with Gasteiger partial charge in [0, 0.05) is 29.2 Å². The maximum atomic E-state index is 13.0. The molecule has 6 nitrogen and oxygen atoms in total. The van der Waals surface area contributed by atoms with Crippen molar-refractivity contribution >= 4 is 40.9 Å². The maximum Gasteiger partial charge on any atom is 0.253 e. The van der Waals surface area contributed by atoms with Crippen molar-refractivity contribution in [2.75, 3.05) is 29.5 Å². The van der Waals surface area contributed by atoms with Crippen LogP contribution in [0.4, 0.5) is 11.4 Å². The molecule has 2 heterocycles. The summed E-state index contributed by atoms with van der Waals surface area (Å²) in [6.07, 6.45) is 1.55. The number of piperidine rings is 1. The first kappa shape index (κ1) is 18.6. The number of hydrogen-bond acceptors (Lipinski definition) is 4. The van der Waals surface area contributed by atoms with Crippen LogP contribution in [0, 0.1) is 5.92 Å². The quantitative estimate of drug-likeness (QED) is 0.836. The Bertz CT molecular complexity index is 916. The second-order valence-electron chi connectivity index (χ2n) is 6.99. The molecule has 0 saturated carbocycles. The molecule has 3 amide bonds. The van der Waals surface area contributed by atoms with E-state index in [9.17, 15) is 14.4 Å². The van der Waals surface area contributed by atoms with E-state index < -0.39 is 0 Å². The van der Waals surface area contributed by atoms with Crippen molar-refractivity contribution < 1.29 is 14.4 Å². The van der Waals surface area contributed by atoms with Crippen LogP contribution in [0.1, 0.15) is 23.2 Å². The minimum Gasteiger partial charge on any atom is -0.338 e. The van der Waals surface area contributed by atoms with Crippen molar-refractivity contribution in [2.45, 2.75) is 17.7 Å². The van der Waals surface area contributed by atoms with Crippen LogP contribution in [0.3, 0.4) is 0 Å². The summed E-state index contributed by atoms with van der Waals surface area (Å²) in [5, 5.41) is 5.75. The average Bonchev–Trinajstić information content (AvgIpc) is 2.73. The van der Waals surface area contributed by atoms with Gasteiger partial charge in [-0.05, 0) is 43.2 Å². The molecule has 2 aromatic carbocycles. The third-order valence-corrected chi connectivity index (χ3v) is 6.05. The molecule has 2 N–H and O–H groups in total. The molecule has 1 saturated heterocycles. The van der Waals surface area contributed by atoms with Gasteiger partial charge in [0.1, 0.15) is 0 Å². The van der Waals surface area contributed by atoms with Crippen LogP contribution in [0.15, 0.2) is 53.4 Å². The van der Waals surface area contributed by atoms with Crippen molar-refractivity contribution in [3.8, 4) is 0 Å². The highest BCUT2D eigenvalue weighted by Crippen LogP contribution is 2.32. The van der Waals surface area contributed by atoms with Gasteiger partial charge in [-0.15, -0.1) is 11.8 Å². The molecule has 2 aromatic rings. The van der Waals surface area contributed by atoms with E-state index in [-0.39, 0.29) is 23.6 Å². The number of carbonyl (C=O) groups is 3. The van der Waals surface area contributed by atoms with Gasteiger partial charge >= 0.3 is 0 Å². The van der Waals surface area contributed by atoms with Gasteiger partial charge < -0.3 is 15.5 Å². The van der Waals surface area contributed by atoms with Crippen LogP contribution in [0.25, 0.3) is 0 Å². The molecule has 1 fully saturated rings. The predicted octanol–water partition coefficient (Wildman–Crippen LogP) is 3.22. The van der Waals surface area contributed by atoms with E-state index >= 15 is 0 Å². The minimum atomic E-state index is -0.231. The summed E-state index contributed by atoms with van der Waals surface area (Å²) in [6.45, 7) is 1.03. The van der Waals surface area contributed by atoms with Crippen LogP contribution >= 0.6 is 11.8 Å². The number of nitrogens with one attached hydrogen (secondary N) is 2. The van der Waals surface area contributed by atoms with E-state index in [1.807, 2.05) is 36.4 Å². The summed E-state index contributed by atoms with van der Waals surface area (Å²) in [7, 11) is 0. The zero-order chi connectivity index (χ0) is 19.5. The Morgan fingerprint density at radius 1 is 1.14 bits per heavy atom. The van der Waals surface area contributed by atoms with Crippen molar-refractivity contribution in [1.82, 2.24) is 4.90 Å². The predicted molar refractivity (Wildman–Crippen MR) is 109 cm³/mol. The first-order valence-corrected chi connectivity index (χ1v) is 10.3. The van der Waals surface area contributed by atoms with Gasteiger partial charge in [0.25, 0.3) is 5.91 Å². The third kappa shape index (κ3) is 4.04. The van der Waals surface area contributed by atoms with E-state index in [2.05, 4.69) is 10.6 Å². The lowest BCUT2D eigenvalue weighted by molar-refractivity contribution is -0.121. The molecule has 0 aromatic heterocycles. The summed E-state index contributed by atoms with van der Waals surface area (Å²) >= 11 is 1.47. The van der Waals surface area contributed by atoms with Gasteiger partial charge in [0.2, 0.25) is 11.8 Å². The minimum absolute atomic E-state index is 0.0576. The van der Waals surface area contributed by atoms with Gasteiger partial charge in [0.15, 0.2) is 0 Å². The zero-order valence-electron chi connectivity index (χ0n) is 15.3. The summed E-state index contributed by atoms with van der Waals surface area (Å²) < 4.78 is 0. The number of benzene rings is 2. The van der Waals surface area contributed by atoms with E-state index in [1.165, 1.54) is 11.8 Å². The first-order valence-electron chi connectivity index (χ1n) is 9.32. The van der Waals surface area contributed by atoms with Crippen LogP contribution in [0.2, 0.25) is 0 Å². The summed E-state index contributed by atoms with van der Waals surface area (Å²) in [5.74, 6) is -0.0592. The number of hydrogen-bond donors (Lipinski definition) is 2. The fourth-order valence-electron chi connectivity index (χ4n) is 3.54. The van der Waals surface area contributed by atoms with E-state index in [0.717, 1.165) is 23.4 Å². The third-order valence-electron chi connectivity index (χ3n) is 4.98. The Morgan fingerprint density at radius 2 is 1.96 bits per heavy atom. The zero-order valence-corrected chi connectivity index (χ0v) is 16.1. The Hall–Kier alpha value is -2.80. The van der Waals surface area contributed by atoms with Gasteiger partial charge in [-0.3, -0.25) is 14.4 Å². The fraction of sp³-hybridized carbons (Fsp3) is 0.286. The number of carbonyl (C=O) groups excluding carboxylic acids is 3. The first-order chi connectivity index (χ1) is 13.6. The van der Waals surface area contributed by atoms with Crippen molar-refractivity contribution in [3.63, 3.8) is 0 Å². The smallest absolute Gasteiger partial charge is 0.253 e. The largest absolute Gasteiger partial charge is 0.338 e. The second-order valence-corrected chi connectivity index (χ2v) is 8.01. The average molecular weight is 395 g/mol. The molecular weight excluding hydrogens is 374 g/mol. The standard InChI is InChI=1S/C21H21N3O3S/c25-19-13-28-18-9-8-14(11-17(18)23-19)21(27)24-10-4-5-15(12-24)20(26)22-16-6-2-1-3-7-16/h1-3,6-9,11,15H,4-5,10,12-13H2,(H,22,26)(H,23,25)/t15-/m0/s1. The number of anilines is 2. The number of nitrogens with zero attached hydrogens (tertiary/aromatic N) is 1. The highest BCUT2D eigenvalue weighted by molar-refractivity contribution is 8.00. The summed E-state index contributed by atoms with van der Waals surface area (Å²) in [5.41, 5.74) is 1.98. The number of likely N-dealkylation sites (tertiary alicyclic amines) is 1. The van der Waals surface area contributed by atoms with Crippen LogP contribution in [-0.4, -0.2) is 41.5 Å². The Balaban J connectivity index is 1.44. The second kappa shape index (κ2) is 8.06. The Labute approximate surface area is 167 Å². The normalized spacial score (nSPS) is 18.8. The Kier molecular flexibility index (Phi) is 5.34. The number of para-hydroxylation sites is 1. The topological polar surface area (TPSA) is 78.5 Å². The number of rotatable bonds is 3. The lowest BCUT2D eigenvalue weighted by atomic mass is 9.96. The highest BCUT2D eigenvalue weighted by Gasteiger charge is 2.29. The number of amides is 3. The SMILES string of the molecule is O=C1CSc2ccc(C(=O)N3CCC[C@H](C(=O)Nc4ccccc4)C3)cc2N1. The molecule has 0 aliphatic carbocycles. The van der Waals surface area contributed by atoms with Crippen LogP contribution < -0.4 is 10.6 Å². The van der Waals surface area contributed by atoms with Crippen molar-refractivity contribution in [1.29, 1.82) is 0 Å². The van der Waals surface area contributed by atoms with Gasteiger partial charge in [-0.2, -0.15) is 0 Å². The van der Waals surface area contributed by atoms with Gasteiger partial charge in [-0.1, -0.05) is 18.2 Å². The molecule has 28 heavy (non-hydrogen) atoms. The van der Waals surface area contributed by atoms with E-state index in [0.29, 0.717) is 30.1 Å². The lowest BCUT2D eigenvalue weighted by Crippen LogP contribution is -2.43. The lowest BCUT2D eigenvalue weighted by Gasteiger charge is -2.32. The molecule has 0 spiro atoms. The summed E-state index contributed by atoms with van der Waals surface area (Å²) in [6, 6.07) is 14.7.